The van der Waals surface area contributed by atoms with Crippen LogP contribution in [0.5, 0.6) is 5.75 Å². The zero-order chi connectivity index (χ0) is 35.0. The van der Waals surface area contributed by atoms with Crippen molar-refractivity contribution in [1.29, 1.82) is 0 Å². The number of carbonyl (C=O) groups excluding carboxylic acids is 6. The monoisotopic (exact) mass is 643 g/mol. The number of ether oxygens (including phenoxy) is 1. The maximum Gasteiger partial charge on any atom is 0.315 e. The zero-order valence-corrected chi connectivity index (χ0v) is 28.7. The molecule has 5 amide bonds. The van der Waals surface area contributed by atoms with E-state index in [-0.39, 0.29) is 24.7 Å². The Morgan fingerprint density at radius 1 is 1.04 bits per heavy atom. The van der Waals surface area contributed by atoms with Gasteiger partial charge in [0.05, 0.1) is 31.3 Å². The molecule has 2 rings (SSSR count). The molecule has 1 aromatic carbocycles. The number of likely N-dealkylation sites (tertiary alicyclic amines) is 1. The zero-order valence-electron chi connectivity index (χ0n) is 28.7. The Labute approximate surface area is 273 Å². The second kappa shape index (κ2) is 19.3. The first-order chi connectivity index (χ1) is 21.5. The SMILES string of the molecule is C=CCNC(=O)C(=O)C(CCC)NC(=O)[C@@H]1CCCN1C(=O)CNC(=O)NC(C(=O)c1ccccc1OC)C(C)C.CC(C)(C)C. The van der Waals surface area contributed by atoms with Gasteiger partial charge in [0.1, 0.15) is 11.8 Å². The average Bonchev–Trinajstić information content (AvgIpc) is 3.50. The van der Waals surface area contributed by atoms with Crippen LogP contribution in [0.1, 0.15) is 84.5 Å². The fourth-order valence-electron chi connectivity index (χ4n) is 4.57. The molecule has 1 heterocycles. The first-order valence-electron chi connectivity index (χ1n) is 15.8. The van der Waals surface area contributed by atoms with E-state index in [0.29, 0.717) is 42.5 Å². The predicted molar refractivity (Wildman–Crippen MR) is 177 cm³/mol. The summed E-state index contributed by atoms with van der Waals surface area (Å²) < 4.78 is 5.27. The van der Waals surface area contributed by atoms with Gasteiger partial charge >= 0.3 is 6.03 Å². The molecule has 46 heavy (non-hydrogen) atoms. The van der Waals surface area contributed by atoms with Gasteiger partial charge < -0.3 is 30.9 Å². The molecular formula is C34H53N5O7. The lowest BCUT2D eigenvalue weighted by Gasteiger charge is -2.26. The van der Waals surface area contributed by atoms with Gasteiger partial charge in [0.25, 0.3) is 5.91 Å². The van der Waals surface area contributed by atoms with E-state index in [1.165, 1.54) is 18.1 Å². The third-order valence-corrected chi connectivity index (χ3v) is 6.73. The third kappa shape index (κ3) is 13.4. The number of benzene rings is 1. The number of hydrogen-bond acceptors (Lipinski definition) is 7. The number of nitrogens with zero attached hydrogens (tertiary/aromatic N) is 1. The fraction of sp³-hybridized carbons (Fsp3) is 0.588. The number of methoxy groups -OCH3 is 1. The Balaban J connectivity index is 0.00000195. The third-order valence-electron chi connectivity index (χ3n) is 6.73. The van der Waals surface area contributed by atoms with Crippen LogP contribution in [-0.4, -0.2) is 85.1 Å². The first-order valence-corrected chi connectivity index (χ1v) is 15.8. The molecule has 1 saturated heterocycles. The molecule has 3 atom stereocenters. The highest BCUT2D eigenvalue weighted by Crippen LogP contribution is 2.21. The summed E-state index contributed by atoms with van der Waals surface area (Å²) in [6.07, 6.45) is 3.19. The first kappa shape index (κ1) is 39.8. The van der Waals surface area contributed by atoms with Gasteiger partial charge in [-0.3, -0.25) is 24.0 Å². The molecule has 1 aliphatic heterocycles. The molecule has 0 aromatic heterocycles. The normalized spacial score (nSPS) is 15.4. The lowest BCUT2D eigenvalue weighted by molar-refractivity contribution is -0.142. The highest BCUT2D eigenvalue weighted by Gasteiger charge is 2.37. The van der Waals surface area contributed by atoms with Crippen molar-refractivity contribution in [3.05, 3.63) is 42.5 Å². The number of rotatable bonds is 15. The van der Waals surface area contributed by atoms with Crippen LogP contribution in [0.2, 0.25) is 0 Å². The summed E-state index contributed by atoms with van der Waals surface area (Å²) in [7, 11) is 1.46. The largest absolute Gasteiger partial charge is 0.496 e. The molecule has 256 valence electrons. The lowest BCUT2D eigenvalue weighted by atomic mass is 9.94. The van der Waals surface area contributed by atoms with E-state index in [9.17, 15) is 28.8 Å². The van der Waals surface area contributed by atoms with E-state index >= 15 is 0 Å². The molecule has 1 aromatic rings. The number of carbonyl (C=O) groups is 6. The van der Waals surface area contributed by atoms with Crippen LogP contribution >= 0.6 is 0 Å². The molecule has 4 N–H and O–H groups in total. The van der Waals surface area contributed by atoms with Crippen LogP contribution < -0.4 is 26.0 Å². The maximum absolute atomic E-state index is 13.1. The Morgan fingerprint density at radius 3 is 2.24 bits per heavy atom. The summed E-state index contributed by atoms with van der Waals surface area (Å²) in [6.45, 7) is 17.7. The van der Waals surface area contributed by atoms with Crippen LogP contribution in [-0.2, 0) is 19.2 Å². The molecule has 0 spiro atoms. The second-order valence-corrected chi connectivity index (χ2v) is 13.1. The van der Waals surface area contributed by atoms with Crippen LogP contribution in [0, 0.1) is 11.3 Å². The molecule has 0 radical (unpaired) electrons. The quantitative estimate of drug-likeness (QED) is 0.129. The van der Waals surface area contributed by atoms with Gasteiger partial charge in [0.2, 0.25) is 17.6 Å². The Hall–Kier alpha value is -4.22. The summed E-state index contributed by atoms with van der Waals surface area (Å²) in [6, 6.07) is 3.27. The number of para-hydroxylation sites is 1. The maximum atomic E-state index is 13.1. The van der Waals surface area contributed by atoms with Gasteiger partial charge in [-0.1, -0.05) is 73.1 Å². The van der Waals surface area contributed by atoms with E-state index in [1.54, 1.807) is 38.1 Å². The van der Waals surface area contributed by atoms with Gasteiger partial charge in [-0.25, -0.2) is 4.79 Å². The molecular weight excluding hydrogens is 590 g/mol. The van der Waals surface area contributed by atoms with Crippen molar-refractivity contribution in [2.75, 3.05) is 26.7 Å². The van der Waals surface area contributed by atoms with Gasteiger partial charge in [-0.2, -0.15) is 0 Å². The topological polar surface area (TPSA) is 163 Å². The minimum absolute atomic E-state index is 0.120. The summed E-state index contributed by atoms with van der Waals surface area (Å²) in [5.74, 6) is -2.80. The number of nitrogens with one attached hydrogen (secondary N) is 4. The molecule has 1 fully saturated rings. The summed E-state index contributed by atoms with van der Waals surface area (Å²) in [5, 5.41) is 10.2. The smallest absolute Gasteiger partial charge is 0.315 e. The Morgan fingerprint density at radius 2 is 1.67 bits per heavy atom. The average molecular weight is 644 g/mol. The van der Waals surface area contributed by atoms with Gasteiger partial charge in [0, 0.05) is 13.1 Å². The van der Waals surface area contributed by atoms with Crippen molar-refractivity contribution < 1.29 is 33.5 Å². The number of amides is 5. The van der Waals surface area contributed by atoms with Gasteiger partial charge in [-0.05, 0) is 42.7 Å². The molecule has 12 heteroatoms. The van der Waals surface area contributed by atoms with E-state index in [4.69, 9.17) is 4.74 Å². The van der Waals surface area contributed by atoms with Crippen molar-refractivity contribution in [2.45, 2.75) is 92.3 Å². The molecule has 12 nitrogen and oxygen atoms in total. The predicted octanol–water partition coefficient (Wildman–Crippen LogP) is 3.40. The summed E-state index contributed by atoms with van der Waals surface area (Å²) in [4.78, 5) is 77.9. The van der Waals surface area contributed by atoms with Gasteiger partial charge in [0.15, 0.2) is 5.78 Å². The molecule has 0 bridgehead atoms. The minimum Gasteiger partial charge on any atom is -0.496 e. The van der Waals surface area contributed by atoms with Gasteiger partial charge in [-0.15, -0.1) is 6.58 Å². The number of ketones is 2. The van der Waals surface area contributed by atoms with Crippen LogP contribution in [0.15, 0.2) is 36.9 Å². The van der Waals surface area contributed by atoms with Crippen LogP contribution in [0.4, 0.5) is 4.79 Å². The summed E-state index contributed by atoms with van der Waals surface area (Å²) >= 11 is 0. The highest BCUT2D eigenvalue weighted by molar-refractivity contribution is 6.38. The minimum atomic E-state index is -1.02. The second-order valence-electron chi connectivity index (χ2n) is 13.1. The van der Waals surface area contributed by atoms with Crippen LogP contribution in [0.25, 0.3) is 0 Å². The van der Waals surface area contributed by atoms with E-state index in [0.717, 1.165) is 0 Å². The molecule has 1 aliphatic rings. The van der Waals surface area contributed by atoms with E-state index < -0.39 is 54.2 Å². The number of Topliss-reactive ketones (excluding diaryl/α,β-unsaturated/α-hetero) is 2. The molecule has 0 saturated carbocycles. The lowest BCUT2D eigenvalue weighted by Crippen LogP contribution is -2.55. The Kier molecular flexibility index (Phi) is 16.7. The Bertz CT molecular complexity index is 1220. The highest BCUT2D eigenvalue weighted by atomic mass is 16.5. The van der Waals surface area contributed by atoms with Crippen LogP contribution in [0.3, 0.4) is 0 Å². The van der Waals surface area contributed by atoms with Crippen molar-refractivity contribution in [3.63, 3.8) is 0 Å². The molecule has 2 unspecified atom stereocenters. The van der Waals surface area contributed by atoms with E-state index in [1.807, 2.05) is 6.92 Å². The van der Waals surface area contributed by atoms with Crippen molar-refractivity contribution >= 4 is 35.3 Å². The molecule has 0 aliphatic carbocycles. The van der Waals surface area contributed by atoms with E-state index in [2.05, 4.69) is 55.5 Å². The number of urea groups is 1. The van der Waals surface area contributed by atoms with Crippen molar-refractivity contribution in [2.24, 2.45) is 11.3 Å². The fourth-order valence-corrected chi connectivity index (χ4v) is 4.57. The number of hydrogen-bond donors (Lipinski definition) is 4. The standard InChI is InChI=1S/C29H41N5O7.C5H12/c1-6-11-20(26(37)28(39)30-15-7-2)32-27(38)21-13-10-16-34(21)23(35)17-31-29(40)33-24(18(3)4)25(36)19-12-8-9-14-22(19)41-5;1-5(2,3)4/h7-9,12,14,18,20-21,24H,2,6,10-11,13,15-17H2,1,3-5H3,(H,30,39)(H,32,38)(H2,31,33,40);1-4H3/t20?,21-,24?;/m0./s1. The summed E-state index contributed by atoms with van der Waals surface area (Å²) in [5.41, 5.74) is 0.828. The van der Waals surface area contributed by atoms with Crippen molar-refractivity contribution in [1.82, 2.24) is 26.2 Å². The van der Waals surface area contributed by atoms with Crippen molar-refractivity contribution in [3.8, 4) is 5.75 Å².